The number of nitrogens with zero attached hydrogens (tertiary/aromatic N) is 2. The number of aromatic nitrogens is 2. The van der Waals surface area contributed by atoms with Crippen LogP contribution in [0.25, 0.3) is 11.3 Å². The number of halogens is 2. The van der Waals surface area contributed by atoms with Gasteiger partial charge in [-0.15, -0.1) is 0 Å². The van der Waals surface area contributed by atoms with E-state index < -0.39 is 0 Å². The summed E-state index contributed by atoms with van der Waals surface area (Å²) in [6.45, 7) is 0. The van der Waals surface area contributed by atoms with Gasteiger partial charge in [0.05, 0.1) is 5.69 Å². The summed E-state index contributed by atoms with van der Waals surface area (Å²) in [7, 11) is 0. The minimum atomic E-state index is 0.275. The van der Waals surface area contributed by atoms with Gasteiger partial charge in [0.25, 0.3) is 0 Å². The van der Waals surface area contributed by atoms with Gasteiger partial charge < -0.3 is 5.73 Å². The zero-order valence-electron chi connectivity index (χ0n) is 7.61. The normalized spacial score (nSPS) is 10.3. The van der Waals surface area contributed by atoms with Crippen LogP contribution in [-0.4, -0.2) is 9.97 Å². The van der Waals surface area contributed by atoms with Gasteiger partial charge in [-0.1, -0.05) is 35.3 Å². The molecule has 0 aliphatic heterocycles. The van der Waals surface area contributed by atoms with Gasteiger partial charge in [0.15, 0.2) is 0 Å². The Kier molecular flexibility index (Phi) is 2.75. The Bertz CT molecular complexity index is 483. The van der Waals surface area contributed by atoms with Crippen molar-refractivity contribution < 1.29 is 0 Å². The molecular formula is C10H7Cl2N3. The van der Waals surface area contributed by atoms with Crippen LogP contribution in [0.3, 0.4) is 0 Å². The lowest BCUT2D eigenvalue weighted by molar-refractivity contribution is 1.18. The SMILES string of the molecule is Nc1ncnc(-c2ccc(Cl)cc2)c1Cl. The predicted molar refractivity (Wildman–Crippen MR) is 61.9 cm³/mol. The van der Waals surface area contributed by atoms with E-state index in [4.69, 9.17) is 28.9 Å². The third kappa shape index (κ3) is 2.03. The first-order valence-corrected chi connectivity index (χ1v) is 4.96. The van der Waals surface area contributed by atoms with E-state index in [1.54, 1.807) is 12.1 Å². The summed E-state index contributed by atoms with van der Waals surface area (Å²) in [4.78, 5) is 7.86. The Labute approximate surface area is 96.9 Å². The number of hydrogen-bond donors (Lipinski definition) is 1. The minimum absolute atomic E-state index is 0.275. The number of rotatable bonds is 1. The topological polar surface area (TPSA) is 51.8 Å². The molecule has 1 heterocycles. The van der Waals surface area contributed by atoms with Crippen molar-refractivity contribution in [2.45, 2.75) is 0 Å². The van der Waals surface area contributed by atoms with Crippen LogP contribution < -0.4 is 5.73 Å². The molecule has 0 amide bonds. The molecule has 5 heteroatoms. The van der Waals surface area contributed by atoms with Crippen molar-refractivity contribution in [3.63, 3.8) is 0 Å². The molecule has 1 aromatic heterocycles. The van der Waals surface area contributed by atoms with Gasteiger partial charge in [-0.05, 0) is 12.1 Å². The van der Waals surface area contributed by atoms with E-state index in [1.807, 2.05) is 12.1 Å². The standard InChI is InChI=1S/C10H7Cl2N3/c11-7-3-1-6(2-4-7)9-8(12)10(13)15-5-14-9/h1-5H,(H2,13,14,15). The molecule has 0 bridgehead atoms. The lowest BCUT2D eigenvalue weighted by Crippen LogP contribution is -1.95. The van der Waals surface area contributed by atoms with E-state index in [2.05, 4.69) is 9.97 Å². The van der Waals surface area contributed by atoms with E-state index in [9.17, 15) is 0 Å². The molecule has 0 aliphatic rings. The predicted octanol–water partition coefficient (Wildman–Crippen LogP) is 3.03. The minimum Gasteiger partial charge on any atom is -0.382 e. The molecular weight excluding hydrogens is 233 g/mol. The van der Waals surface area contributed by atoms with Crippen LogP contribution in [-0.2, 0) is 0 Å². The van der Waals surface area contributed by atoms with Gasteiger partial charge in [0.2, 0.25) is 0 Å². The first-order valence-electron chi connectivity index (χ1n) is 4.20. The van der Waals surface area contributed by atoms with Crippen LogP contribution >= 0.6 is 23.2 Å². The van der Waals surface area contributed by atoms with Crippen molar-refractivity contribution in [1.29, 1.82) is 0 Å². The highest BCUT2D eigenvalue weighted by molar-refractivity contribution is 6.35. The number of anilines is 1. The molecule has 0 radical (unpaired) electrons. The Morgan fingerprint density at radius 2 is 1.67 bits per heavy atom. The Morgan fingerprint density at radius 1 is 1.00 bits per heavy atom. The average molecular weight is 240 g/mol. The average Bonchev–Trinajstić information content (AvgIpc) is 2.24. The zero-order valence-corrected chi connectivity index (χ0v) is 9.13. The quantitative estimate of drug-likeness (QED) is 0.833. The monoisotopic (exact) mass is 239 g/mol. The molecule has 2 rings (SSSR count). The van der Waals surface area contributed by atoms with E-state index in [0.717, 1.165) is 5.56 Å². The van der Waals surface area contributed by atoms with E-state index in [0.29, 0.717) is 15.7 Å². The molecule has 0 saturated carbocycles. The highest BCUT2D eigenvalue weighted by Crippen LogP contribution is 2.29. The smallest absolute Gasteiger partial charge is 0.146 e. The van der Waals surface area contributed by atoms with Crippen LogP contribution in [0.5, 0.6) is 0 Å². The van der Waals surface area contributed by atoms with E-state index in [-0.39, 0.29) is 5.82 Å². The lowest BCUT2D eigenvalue weighted by Gasteiger charge is -2.04. The largest absolute Gasteiger partial charge is 0.382 e. The molecule has 0 saturated heterocycles. The highest BCUT2D eigenvalue weighted by Gasteiger charge is 2.08. The Balaban J connectivity index is 2.54. The fraction of sp³-hybridized carbons (Fsp3) is 0. The molecule has 0 unspecified atom stereocenters. The fourth-order valence-electron chi connectivity index (χ4n) is 1.19. The van der Waals surface area contributed by atoms with E-state index in [1.165, 1.54) is 6.33 Å². The summed E-state index contributed by atoms with van der Waals surface area (Å²) < 4.78 is 0. The lowest BCUT2D eigenvalue weighted by atomic mass is 10.1. The summed E-state index contributed by atoms with van der Waals surface area (Å²) in [5.74, 6) is 0.275. The zero-order chi connectivity index (χ0) is 10.8. The van der Waals surface area contributed by atoms with Crippen molar-refractivity contribution >= 4 is 29.0 Å². The molecule has 3 nitrogen and oxygen atoms in total. The van der Waals surface area contributed by atoms with Crippen molar-refractivity contribution in [3.05, 3.63) is 40.6 Å². The van der Waals surface area contributed by atoms with Crippen LogP contribution in [0, 0.1) is 0 Å². The third-order valence-electron chi connectivity index (χ3n) is 1.93. The second kappa shape index (κ2) is 4.04. The van der Waals surface area contributed by atoms with Gasteiger partial charge in [-0.3, -0.25) is 0 Å². The number of benzene rings is 1. The van der Waals surface area contributed by atoms with Crippen LogP contribution in [0.15, 0.2) is 30.6 Å². The van der Waals surface area contributed by atoms with Crippen molar-refractivity contribution in [3.8, 4) is 11.3 Å². The van der Waals surface area contributed by atoms with Gasteiger partial charge >= 0.3 is 0 Å². The van der Waals surface area contributed by atoms with Crippen molar-refractivity contribution in [2.24, 2.45) is 0 Å². The summed E-state index contributed by atoms with van der Waals surface area (Å²) in [6.07, 6.45) is 1.38. The van der Waals surface area contributed by atoms with Crippen LogP contribution in [0.4, 0.5) is 5.82 Å². The number of nitrogens with two attached hydrogens (primary N) is 1. The van der Waals surface area contributed by atoms with Gasteiger partial charge in [0.1, 0.15) is 17.2 Å². The number of nitrogen functional groups attached to an aromatic ring is 1. The van der Waals surface area contributed by atoms with Crippen molar-refractivity contribution in [1.82, 2.24) is 9.97 Å². The van der Waals surface area contributed by atoms with Gasteiger partial charge in [-0.2, -0.15) is 0 Å². The van der Waals surface area contributed by atoms with Gasteiger partial charge in [-0.25, -0.2) is 9.97 Å². The fourth-order valence-corrected chi connectivity index (χ4v) is 1.53. The van der Waals surface area contributed by atoms with E-state index >= 15 is 0 Å². The molecule has 2 aromatic rings. The second-order valence-corrected chi connectivity index (χ2v) is 3.74. The van der Waals surface area contributed by atoms with Crippen molar-refractivity contribution in [2.75, 3.05) is 5.73 Å². The third-order valence-corrected chi connectivity index (χ3v) is 2.56. The second-order valence-electron chi connectivity index (χ2n) is 2.93. The molecule has 15 heavy (non-hydrogen) atoms. The van der Waals surface area contributed by atoms with Crippen LogP contribution in [0.1, 0.15) is 0 Å². The molecule has 0 atom stereocenters. The van der Waals surface area contributed by atoms with Gasteiger partial charge in [0, 0.05) is 10.6 Å². The summed E-state index contributed by atoms with van der Waals surface area (Å²) in [5, 5.41) is 1.02. The first-order chi connectivity index (χ1) is 7.18. The molecule has 0 aliphatic carbocycles. The summed E-state index contributed by atoms with van der Waals surface area (Å²) >= 11 is 11.8. The first kappa shape index (κ1) is 10.2. The molecule has 1 aromatic carbocycles. The highest BCUT2D eigenvalue weighted by atomic mass is 35.5. The maximum Gasteiger partial charge on any atom is 0.146 e. The molecule has 0 spiro atoms. The summed E-state index contributed by atoms with van der Waals surface area (Å²) in [6, 6.07) is 7.20. The van der Waals surface area contributed by atoms with Crippen LogP contribution in [0.2, 0.25) is 10.0 Å². The Morgan fingerprint density at radius 3 is 2.33 bits per heavy atom. The molecule has 76 valence electrons. The maximum atomic E-state index is 5.98. The molecule has 2 N–H and O–H groups in total. The maximum absolute atomic E-state index is 5.98. The Hall–Kier alpha value is -1.32. The molecule has 0 fully saturated rings. The number of hydrogen-bond acceptors (Lipinski definition) is 3. The summed E-state index contributed by atoms with van der Waals surface area (Å²) in [5.41, 5.74) is 7.05.